The van der Waals surface area contributed by atoms with Crippen LogP contribution < -0.4 is 5.73 Å². The molecule has 1 fully saturated rings. The molecule has 2 N–H and O–H groups in total. The van der Waals surface area contributed by atoms with E-state index in [9.17, 15) is 9.59 Å². The fourth-order valence-corrected chi connectivity index (χ4v) is 1.67. The summed E-state index contributed by atoms with van der Waals surface area (Å²) >= 11 is 1.32. The lowest BCUT2D eigenvalue weighted by Crippen LogP contribution is -2.20. The van der Waals surface area contributed by atoms with E-state index < -0.39 is 5.91 Å². The zero-order chi connectivity index (χ0) is 8.43. The highest BCUT2D eigenvalue weighted by molar-refractivity contribution is 8.04. The monoisotopic (exact) mass is 172 g/mol. The minimum absolute atomic E-state index is 0.00231. The predicted octanol–water partition coefficient (Wildman–Crippen LogP) is -0.482. The minimum atomic E-state index is -0.519. The van der Waals surface area contributed by atoms with E-state index in [1.54, 1.807) is 7.05 Å². The number of nitrogens with two attached hydrogens (primary N) is 1. The van der Waals surface area contributed by atoms with Crippen LogP contribution in [0.3, 0.4) is 0 Å². The molecule has 1 rings (SSSR count). The molecule has 0 aromatic rings. The van der Waals surface area contributed by atoms with Gasteiger partial charge < -0.3 is 10.6 Å². The second kappa shape index (κ2) is 2.96. The molecule has 60 valence electrons. The molecule has 1 aliphatic heterocycles. The van der Waals surface area contributed by atoms with Crippen LogP contribution in [0.2, 0.25) is 0 Å². The van der Waals surface area contributed by atoms with Gasteiger partial charge in [-0.2, -0.15) is 0 Å². The standard InChI is InChI=1S/C6H8N2O2S/c1-8-5(10)3-11-6(8)2-4(7)9/h2H,3H2,1H3,(H2,7,9). The number of carbonyl (C=O) groups excluding carboxylic acids is 2. The third-order valence-corrected chi connectivity index (χ3v) is 2.39. The zero-order valence-electron chi connectivity index (χ0n) is 6.03. The first-order valence-corrected chi connectivity index (χ1v) is 4.00. The van der Waals surface area contributed by atoms with Crippen molar-refractivity contribution in [1.29, 1.82) is 0 Å². The summed E-state index contributed by atoms with van der Waals surface area (Å²) in [5, 5.41) is 0.627. The van der Waals surface area contributed by atoms with Crippen LogP contribution in [0.5, 0.6) is 0 Å². The maximum absolute atomic E-state index is 10.9. The van der Waals surface area contributed by atoms with E-state index in [4.69, 9.17) is 5.73 Å². The molecule has 0 unspecified atom stereocenters. The maximum atomic E-state index is 10.9. The van der Waals surface area contributed by atoms with Gasteiger partial charge in [-0.05, 0) is 0 Å². The third-order valence-electron chi connectivity index (χ3n) is 1.31. The number of amides is 2. The second-order valence-electron chi connectivity index (χ2n) is 2.13. The van der Waals surface area contributed by atoms with Crippen LogP contribution in [0.4, 0.5) is 0 Å². The lowest BCUT2D eigenvalue weighted by molar-refractivity contribution is -0.124. The molecule has 0 spiro atoms. The second-order valence-corrected chi connectivity index (χ2v) is 3.12. The molecule has 0 atom stereocenters. The Labute approximate surface area is 68.4 Å². The fourth-order valence-electron chi connectivity index (χ4n) is 0.712. The van der Waals surface area contributed by atoms with Crippen molar-refractivity contribution >= 4 is 23.6 Å². The van der Waals surface area contributed by atoms with Crippen molar-refractivity contribution in [2.45, 2.75) is 0 Å². The summed E-state index contributed by atoms with van der Waals surface area (Å²) in [4.78, 5) is 22.7. The Balaban J connectivity index is 2.76. The van der Waals surface area contributed by atoms with Crippen LogP contribution in [0.25, 0.3) is 0 Å². The highest BCUT2D eigenvalue weighted by atomic mass is 32.2. The Morgan fingerprint density at radius 3 is 2.82 bits per heavy atom. The SMILES string of the molecule is CN1C(=O)CSC1=CC(N)=O. The molecule has 2 amide bonds. The number of thioether (sulfide) groups is 1. The van der Waals surface area contributed by atoms with E-state index in [1.165, 1.54) is 22.7 Å². The number of primary amides is 1. The van der Waals surface area contributed by atoms with Gasteiger partial charge >= 0.3 is 0 Å². The molecular weight excluding hydrogens is 164 g/mol. The molecule has 4 nitrogen and oxygen atoms in total. The number of hydrogen-bond donors (Lipinski definition) is 1. The number of nitrogens with zero attached hydrogens (tertiary/aromatic N) is 1. The lowest BCUT2D eigenvalue weighted by atomic mass is 10.5. The minimum Gasteiger partial charge on any atom is -0.366 e. The number of hydrogen-bond acceptors (Lipinski definition) is 3. The largest absolute Gasteiger partial charge is 0.366 e. The fraction of sp³-hybridized carbons (Fsp3) is 0.333. The normalized spacial score (nSPS) is 21.4. The summed E-state index contributed by atoms with van der Waals surface area (Å²) in [6.07, 6.45) is 1.26. The molecular formula is C6H8N2O2S. The quantitative estimate of drug-likeness (QED) is 0.543. The van der Waals surface area contributed by atoms with Gasteiger partial charge in [0.2, 0.25) is 11.8 Å². The number of rotatable bonds is 1. The highest BCUT2D eigenvalue weighted by Crippen LogP contribution is 2.26. The Morgan fingerprint density at radius 2 is 2.45 bits per heavy atom. The van der Waals surface area contributed by atoms with Crippen molar-refractivity contribution in [1.82, 2.24) is 4.90 Å². The molecule has 5 heteroatoms. The van der Waals surface area contributed by atoms with E-state index in [1.807, 2.05) is 0 Å². The van der Waals surface area contributed by atoms with Crippen LogP contribution >= 0.6 is 11.8 Å². The molecule has 0 radical (unpaired) electrons. The Morgan fingerprint density at radius 1 is 1.82 bits per heavy atom. The van der Waals surface area contributed by atoms with Crippen molar-refractivity contribution in [2.75, 3.05) is 12.8 Å². The van der Waals surface area contributed by atoms with Gasteiger partial charge in [-0.15, -0.1) is 0 Å². The highest BCUT2D eigenvalue weighted by Gasteiger charge is 2.22. The number of carbonyl (C=O) groups is 2. The smallest absolute Gasteiger partial charge is 0.244 e. The van der Waals surface area contributed by atoms with Crippen LogP contribution in [0.1, 0.15) is 0 Å². The van der Waals surface area contributed by atoms with Gasteiger partial charge in [0, 0.05) is 13.1 Å². The van der Waals surface area contributed by atoms with E-state index in [-0.39, 0.29) is 5.91 Å². The van der Waals surface area contributed by atoms with E-state index in [2.05, 4.69) is 0 Å². The van der Waals surface area contributed by atoms with Crippen molar-refractivity contribution in [3.63, 3.8) is 0 Å². The average molecular weight is 172 g/mol. The maximum Gasteiger partial charge on any atom is 0.244 e. The summed E-state index contributed by atoms with van der Waals surface area (Å²) in [6, 6.07) is 0. The van der Waals surface area contributed by atoms with Gasteiger partial charge in [-0.25, -0.2) is 0 Å². The molecule has 0 aromatic heterocycles. The molecule has 11 heavy (non-hydrogen) atoms. The Bertz CT molecular complexity index is 237. The van der Waals surface area contributed by atoms with E-state index in [0.717, 1.165) is 0 Å². The van der Waals surface area contributed by atoms with Gasteiger partial charge in [-0.3, -0.25) is 9.59 Å². The molecule has 0 aromatic carbocycles. The average Bonchev–Trinajstić information content (AvgIpc) is 2.18. The van der Waals surface area contributed by atoms with Crippen molar-refractivity contribution in [2.24, 2.45) is 5.73 Å². The molecule has 1 heterocycles. The van der Waals surface area contributed by atoms with Crippen molar-refractivity contribution < 1.29 is 9.59 Å². The topological polar surface area (TPSA) is 63.4 Å². The van der Waals surface area contributed by atoms with Gasteiger partial charge in [0.05, 0.1) is 10.8 Å². The lowest BCUT2D eigenvalue weighted by Gasteiger charge is -2.07. The zero-order valence-corrected chi connectivity index (χ0v) is 6.85. The third kappa shape index (κ3) is 1.74. The molecule has 0 saturated carbocycles. The summed E-state index contributed by atoms with van der Waals surface area (Å²) in [5.41, 5.74) is 4.91. The predicted molar refractivity (Wildman–Crippen MR) is 42.5 cm³/mol. The van der Waals surface area contributed by atoms with Crippen molar-refractivity contribution in [3.05, 3.63) is 11.1 Å². The first-order chi connectivity index (χ1) is 5.11. The van der Waals surface area contributed by atoms with E-state index in [0.29, 0.717) is 10.8 Å². The van der Waals surface area contributed by atoms with Crippen LogP contribution in [-0.4, -0.2) is 29.5 Å². The summed E-state index contributed by atoms with van der Waals surface area (Å²) in [5.74, 6) is -0.119. The summed E-state index contributed by atoms with van der Waals surface area (Å²) < 4.78 is 0. The van der Waals surface area contributed by atoms with Gasteiger partial charge in [0.25, 0.3) is 0 Å². The van der Waals surface area contributed by atoms with Crippen LogP contribution in [0.15, 0.2) is 11.1 Å². The Hall–Kier alpha value is -0.970. The summed E-state index contributed by atoms with van der Waals surface area (Å²) in [7, 11) is 1.62. The van der Waals surface area contributed by atoms with Gasteiger partial charge in [-0.1, -0.05) is 11.8 Å². The molecule has 0 bridgehead atoms. The molecule has 0 aliphatic carbocycles. The van der Waals surface area contributed by atoms with E-state index >= 15 is 0 Å². The summed E-state index contributed by atoms with van der Waals surface area (Å²) in [6.45, 7) is 0. The Kier molecular flexibility index (Phi) is 2.19. The first kappa shape index (κ1) is 8.13. The molecule has 1 saturated heterocycles. The molecule has 1 aliphatic rings. The van der Waals surface area contributed by atoms with Crippen LogP contribution in [-0.2, 0) is 9.59 Å². The van der Waals surface area contributed by atoms with Gasteiger partial charge in [0.1, 0.15) is 0 Å². The van der Waals surface area contributed by atoms with Gasteiger partial charge in [0.15, 0.2) is 0 Å². The van der Waals surface area contributed by atoms with Crippen molar-refractivity contribution in [3.8, 4) is 0 Å². The first-order valence-electron chi connectivity index (χ1n) is 3.02. The van der Waals surface area contributed by atoms with Crippen LogP contribution in [0, 0.1) is 0 Å².